The van der Waals surface area contributed by atoms with Gasteiger partial charge in [-0.1, -0.05) is 11.6 Å². The lowest BCUT2D eigenvalue weighted by atomic mass is 10.0. The lowest BCUT2D eigenvalue weighted by Crippen LogP contribution is -2.58. The van der Waals surface area contributed by atoms with E-state index in [0.29, 0.717) is 18.9 Å². The molecule has 1 saturated heterocycles. The molecule has 2 heterocycles. The first-order valence-corrected chi connectivity index (χ1v) is 6.01. The zero-order valence-electron chi connectivity index (χ0n) is 9.69. The molecule has 0 amide bonds. The number of allylic oxidation sites excluding steroid dienone is 2. The van der Waals surface area contributed by atoms with Gasteiger partial charge in [-0.15, -0.1) is 0 Å². The van der Waals surface area contributed by atoms with Gasteiger partial charge in [-0.05, 0) is 18.4 Å². The Kier molecular flexibility index (Phi) is 4.11. The van der Waals surface area contributed by atoms with Gasteiger partial charge in [0.1, 0.15) is 11.9 Å². The van der Waals surface area contributed by atoms with Gasteiger partial charge >= 0.3 is 5.97 Å². The number of nitrogens with one attached hydrogen (secondary N) is 2. The maximum atomic E-state index is 10.6. The second-order valence-electron chi connectivity index (χ2n) is 3.99. The van der Waals surface area contributed by atoms with E-state index in [4.69, 9.17) is 26.2 Å². The van der Waals surface area contributed by atoms with Gasteiger partial charge in [-0.25, -0.2) is 4.79 Å². The second kappa shape index (κ2) is 5.60. The van der Waals surface area contributed by atoms with E-state index in [1.165, 1.54) is 0 Å². The first-order valence-electron chi connectivity index (χ1n) is 5.64. The molecule has 0 radical (unpaired) electrons. The van der Waals surface area contributed by atoms with Crippen LogP contribution in [0, 0.1) is 0 Å². The molecule has 100 valence electrons. The molecule has 2 unspecified atom stereocenters. The summed E-state index contributed by atoms with van der Waals surface area (Å²) in [5, 5.41) is 14.8. The van der Waals surface area contributed by atoms with Crippen molar-refractivity contribution < 1.29 is 19.4 Å². The molecule has 2 rings (SSSR count). The number of aliphatic carboxylic acids is 1. The number of hydrogen-bond acceptors (Lipinski definition) is 5. The molecule has 1 fully saturated rings. The number of carboxylic acids is 1. The molecule has 0 aromatic heterocycles. The van der Waals surface area contributed by atoms with Crippen molar-refractivity contribution in [3.8, 4) is 0 Å². The molecular formula is C11H15ClN2O4. The Morgan fingerprint density at radius 3 is 3.22 bits per heavy atom. The Balaban J connectivity index is 2.10. The second-order valence-corrected chi connectivity index (χ2v) is 4.59. The monoisotopic (exact) mass is 274 g/mol. The number of alkyl halides is 1. The minimum Gasteiger partial charge on any atom is -0.482 e. The summed E-state index contributed by atoms with van der Waals surface area (Å²) in [6.07, 6.45) is 4.69. The predicted molar refractivity (Wildman–Crippen MR) is 65.1 cm³/mol. The number of hydrogen-bond donors (Lipinski definition) is 3. The highest BCUT2D eigenvalue weighted by atomic mass is 35.5. The van der Waals surface area contributed by atoms with Crippen molar-refractivity contribution in [1.82, 2.24) is 10.6 Å². The zero-order valence-corrected chi connectivity index (χ0v) is 10.4. The minimum atomic E-state index is -1.07. The summed E-state index contributed by atoms with van der Waals surface area (Å²) >= 11 is 6.49. The number of ether oxygens (including phenoxy) is 2. The van der Waals surface area contributed by atoms with Gasteiger partial charge in [0.15, 0.2) is 11.6 Å². The van der Waals surface area contributed by atoms with Crippen LogP contribution in [0.5, 0.6) is 0 Å². The number of carbonyl (C=O) groups is 1. The fourth-order valence-corrected chi connectivity index (χ4v) is 2.18. The molecule has 0 bridgehead atoms. The number of morpholine rings is 1. The van der Waals surface area contributed by atoms with E-state index in [0.717, 1.165) is 6.54 Å². The average molecular weight is 275 g/mol. The van der Waals surface area contributed by atoms with Crippen LogP contribution in [0.3, 0.4) is 0 Å². The maximum absolute atomic E-state index is 10.6. The Morgan fingerprint density at radius 2 is 2.56 bits per heavy atom. The Hall–Kier alpha value is -1.24. The van der Waals surface area contributed by atoms with E-state index in [2.05, 4.69) is 10.6 Å². The van der Waals surface area contributed by atoms with Crippen molar-refractivity contribution in [3.63, 3.8) is 0 Å². The fraction of sp³-hybridized carbons (Fsp3) is 0.545. The van der Waals surface area contributed by atoms with E-state index in [-0.39, 0.29) is 6.10 Å². The Bertz CT molecular complexity index is 379. The molecule has 6 nitrogen and oxygen atoms in total. The van der Waals surface area contributed by atoms with Crippen LogP contribution in [0.4, 0.5) is 0 Å². The molecule has 2 aliphatic rings. The highest BCUT2D eigenvalue weighted by Crippen LogP contribution is 2.32. The third-order valence-corrected chi connectivity index (χ3v) is 3.26. The number of rotatable bonds is 4. The van der Waals surface area contributed by atoms with Crippen molar-refractivity contribution in [3.05, 3.63) is 24.1 Å². The highest BCUT2D eigenvalue weighted by Gasteiger charge is 2.44. The Morgan fingerprint density at radius 1 is 1.72 bits per heavy atom. The summed E-state index contributed by atoms with van der Waals surface area (Å²) < 4.78 is 10.8. The molecule has 0 spiro atoms. The number of halogens is 1. The van der Waals surface area contributed by atoms with E-state index in [9.17, 15) is 4.79 Å². The summed E-state index contributed by atoms with van der Waals surface area (Å²) in [4.78, 5) is 9.48. The SMILES string of the molecule is O=C(O)COC1=CC=CNC1(Cl)C1CNCCO1. The van der Waals surface area contributed by atoms with Gasteiger partial charge < -0.3 is 25.2 Å². The van der Waals surface area contributed by atoms with Crippen LogP contribution in [0.2, 0.25) is 0 Å². The first kappa shape index (κ1) is 13.2. The molecule has 3 N–H and O–H groups in total. The lowest BCUT2D eigenvalue weighted by molar-refractivity contribution is -0.141. The molecule has 18 heavy (non-hydrogen) atoms. The largest absolute Gasteiger partial charge is 0.482 e. The Labute approximate surface area is 110 Å². The van der Waals surface area contributed by atoms with Crippen LogP contribution < -0.4 is 10.6 Å². The maximum Gasteiger partial charge on any atom is 0.341 e. The predicted octanol–water partition coefficient (Wildman–Crippen LogP) is 0.0119. The quantitative estimate of drug-likeness (QED) is 0.495. The fourth-order valence-electron chi connectivity index (χ4n) is 1.86. The third kappa shape index (κ3) is 2.77. The van der Waals surface area contributed by atoms with Crippen molar-refractivity contribution in [2.24, 2.45) is 0 Å². The molecule has 0 aliphatic carbocycles. The molecule has 7 heteroatoms. The van der Waals surface area contributed by atoms with Crippen LogP contribution in [0.1, 0.15) is 0 Å². The number of dihydropyridines is 1. The summed E-state index contributed by atoms with van der Waals surface area (Å²) in [5.41, 5.74) is 0. The van der Waals surface area contributed by atoms with Crippen LogP contribution in [-0.4, -0.2) is 48.5 Å². The molecule has 0 aromatic rings. The smallest absolute Gasteiger partial charge is 0.341 e. The van der Waals surface area contributed by atoms with Gasteiger partial charge in [0, 0.05) is 13.1 Å². The molecule has 2 atom stereocenters. The molecule has 0 aromatic carbocycles. The summed E-state index contributed by atoms with van der Waals surface area (Å²) in [6.45, 7) is 1.46. The van der Waals surface area contributed by atoms with Crippen LogP contribution >= 0.6 is 11.6 Å². The standard InChI is InChI=1S/C11H15ClN2O4/c12-11(9-6-13-4-5-17-9)8(2-1-3-14-11)18-7-10(15)16/h1-3,9,13-14H,4-7H2,(H,15,16). The van der Waals surface area contributed by atoms with Crippen LogP contribution in [0.25, 0.3) is 0 Å². The van der Waals surface area contributed by atoms with Gasteiger partial charge in [0.2, 0.25) is 0 Å². The van der Waals surface area contributed by atoms with E-state index >= 15 is 0 Å². The van der Waals surface area contributed by atoms with Crippen LogP contribution in [0.15, 0.2) is 24.1 Å². The van der Waals surface area contributed by atoms with Crippen molar-refractivity contribution in [2.75, 3.05) is 26.3 Å². The van der Waals surface area contributed by atoms with E-state index in [1.807, 2.05) is 0 Å². The molecular weight excluding hydrogens is 260 g/mol. The van der Waals surface area contributed by atoms with Gasteiger partial charge in [-0.2, -0.15) is 0 Å². The minimum absolute atomic E-state index is 0.335. The normalized spacial score (nSPS) is 31.4. The van der Waals surface area contributed by atoms with Crippen LogP contribution in [-0.2, 0) is 14.3 Å². The lowest BCUT2D eigenvalue weighted by Gasteiger charge is -2.39. The van der Waals surface area contributed by atoms with E-state index in [1.54, 1.807) is 18.4 Å². The summed E-state index contributed by atoms with van der Waals surface area (Å²) in [5.74, 6) is -0.699. The number of carboxylic acid groups (broad SMARTS) is 1. The average Bonchev–Trinajstić information content (AvgIpc) is 2.39. The zero-order chi connectivity index (χ0) is 13.0. The molecule has 0 saturated carbocycles. The third-order valence-electron chi connectivity index (χ3n) is 2.72. The summed E-state index contributed by atoms with van der Waals surface area (Å²) in [7, 11) is 0. The van der Waals surface area contributed by atoms with E-state index < -0.39 is 17.6 Å². The van der Waals surface area contributed by atoms with Crippen molar-refractivity contribution in [1.29, 1.82) is 0 Å². The van der Waals surface area contributed by atoms with Gasteiger partial charge in [0.05, 0.1) is 6.61 Å². The van der Waals surface area contributed by atoms with Crippen molar-refractivity contribution >= 4 is 17.6 Å². The molecule has 2 aliphatic heterocycles. The first-order chi connectivity index (χ1) is 8.63. The summed E-state index contributed by atoms with van der Waals surface area (Å²) in [6, 6.07) is 0. The highest BCUT2D eigenvalue weighted by molar-refractivity contribution is 6.26. The van der Waals surface area contributed by atoms with Crippen molar-refractivity contribution in [2.45, 2.75) is 11.1 Å². The topological polar surface area (TPSA) is 79.8 Å². The van der Waals surface area contributed by atoms with Gasteiger partial charge in [-0.3, -0.25) is 0 Å². The van der Waals surface area contributed by atoms with Gasteiger partial charge in [0.25, 0.3) is 0 Å².